The van der Waals surface area contributed by atoms with Crippen LogP contribution in [0.25, 0.3) is 0 Å². The van der Waals surface area contributed by atoms with Crippen LogP contribution in [0, 0.1) is 25.7 Å². The SMILES string of the molecule is Cc1ccc(C#Cc2ccc(C)cc2C2CC2)cc1. The summed E-state index contributed by atoms with van der Waals surface area (Å²) in [6.45, 7) is 4.26. The third kappa shape index (κ3) is 2.88. The zero-order valence-electron chi connectivity index (χ0n) is 11.5. The molecule has 0 saturated heterocycles. The monoisotopic (exact) mass is 246 g/mol. The molecule has 0 radical (unpaired) electrons. The van der Waals surface area contributed by atoms with E-state index in [9.17, 15) is 0 Å². The van der Waals surface area contributed by atoms with Crippen LogP contribution in [0.15, 0.2) is 42.5 Å². The quantitative estimate of drug-likeness (QED) is 0.646. The van der Waals surface area contributed by atoms with Gasteiger partial charge in [-0.15, -0.1) is 0 Å². The van der Waals surface area contributed by atoms with Crippen molar-refractivity contribution in [3.8, 4) is 11.8 Å². The van der Waals surface area contributed by atoms with Crippen LogP contribution < -0.4 is 0 Å². The van der Waals surface area contributed by atoms with E-state index < -0.39 is 0 Å². The lowest BCUT2D eigenvalue weighted by Gasteiger charge is -2.03. The summed E-state index contributed by atoms with van der Waals surface area (Å²) in [7, 11) is 0. The van der Waals surface area contributed by atoms with E-state index >= 15 is 0 Å². The normalized spacial score (nSPS) is 13.8. The van der Waals surface area contributed by atoms with E-state index in [1.807, 2.05) is 0 Å². The molecule has 0 spiro atoms. The third-order valence-corrected chi connectivity index (χ3v) is 3.62. The first-order valence-corrected chi connectivity index (χ1v) is 6.91. The zero-order chi connectivity index (χ0) is 13.2. The molecular weight excluding hydrogens is 228 g/mol. The highest BCUT2D eigenvalue weighted by Gasteiger charge is 2.25. The van der Waals surface area contributed by atoms with Crippen molar-refractivity contribution < 1.29 is 0 Å². The average molecular weight is 246 g/mol. The Morgan fingerprint density at radius 2 is 1.53 bits per heavy atom. The predicted molar refractivity (Wildman–Crippen MR) is 80.3 cm³/mol. The van der Waals surface area contributed by atoms with Crippen molar-refractivity contribution in [3.63, 3.8) is 0 Å². The lowest BCUT2D eigenvalue weighted by Crippen LogP contribution is -1.88. The number of hydrogen-bond acceptors (Lipinski definition) is 0. The smallest absolute Gasteiger partial charge is 0.0284 e. The average Bonchev–Trinajstić information content (AvgIpc) is 3.23. The lowest BCUT2D eigenvalue weighted by atomic mass is 10.0. The second kappa shape index (κ2) is 4.94. The molecule has 2 aromatic rings. The van der Waals surface area contributed by atoms with E-state index in [0.29, 0.717) is 0 Å². The van der Waals surface area contributed by atoms with E-state index in [1.165, 1.54) is 35.1 Å². The molecular formula is C19H18. The molecule has 0 bridgehead atoms. The van der Waals surface area contributed by atoms with Gasteiger partial charge in [-0.2, -0.15) is 0 Å². The topological polar surface area (TPSA) is 0 Å². The standard InChI is InChI=1S/C19H18/c1-14-3-6-16(7-4-14)8-10-17-9-5-15(2)13-19(17)18-11-12-18/h3-7,9,13,18H,11-12H2,1-2H3. The van der Waals surface area contributed by atoms with Gasteiger partial charge in [0.25, 0.3) is 0 Å². The molecule has 0 unspecified atom stereocenters. The Morgan fingerprint density at radius 1 is 0.842 bits per heavy atom. The number of rotatable bonds is 1. The van der Waals surface area contributed by atoms with Gasteiger partial charge in [-0.1, -0.05) is 47.2 Å². The van der Waals surface area contributed by atoms with Gasteiger partial charge in [-0.3, -0.25) is 0 Å². The molecule has 0 N–H and O–H groups in total. The lowest BCUT2D eigenvalue weighted by molar-refractivity contribution is 1.11. The molecule has 3 rings (SSSR count). The molecule has 0 nitrogen and oxygen atoms in total. The van der Waals surface area contributed by atoms with Crippen LogP contribution in [0.4, 0.5) is 0 Å². The maximum absolute atomic E-state index is 3.35. The molecule has 1 aliphatic carbocycles. The summed E-state index contributed by atoms with van der Waals surface area (Å²) in [6, 6.07) is 15.0. The van der Waals surface area contributed by atoms with Gasteiger partial charge in [0.05, 0.1) is 0 Å². The Hall–Kier alpha value is -2.00. The molecule has 2 aromatic carbocycles. The van der Waals surface area contributed by atoms with Crippen molar-refractivity contribution in [2.24, 2.45) is 0 Å². The Labute approximate surface area is 115 Å². The van der Waals surface area contributed by atoms with E-state index in [4.69, 9.17) is 0 Å². The molecule has 0 aromatic heterocycles. The zero-order valence-corrected chi connectivity index (χ0v) is 11.5. The van der Waals surface area contributed by atoms with Crippen molar-refractivity contribution in [1.29, 1.82) is 0 Å². The molecule has 1 aliphatic rings. The van der Waals surface area contributed by atoms with E-state index in [0.717, 1.165) is 11.5 Å². The summed E-state index contributed by atoms with van der Waals surface area (Å²) in [5, 5.41) is 0. The maximum atomic E-state index is 3.35. The van der Waals surface area contributed by atoms with Crippen molar-refractivity contribution >= 4 is 0 Å². The van der Waals surface area contributed by atoms with Gasteiger partial charge in [-0.05, 0) is 56.4 Å². The van der Waals surface area contributed by atoms with Gasteiger partial charge in [0.2, 0.25) is 0 Å². The molecule has 0 atom stereocenters. The van der Waals surface area contributed by atoms with Gasteiger partial charge in [0.1, 0.15) is 0 Å². The van der Waals surface area contributed by atoms with Crippen LogP contribution >= 0.6 is 0 Å². The Balaban J connectivity index is 1.93. The molecule has 0 heteroatoms. The molecule has 0 heterocycles. The number of hydrogen-bond donors (Lipinski definition) is 0. The van der Waals surface area contributed by atoms with E-state index in [1.54, 1.807) is 0 Å². The first-order valence-electron chi connectivity index (χ1n) is 6.91. The van der Waals surface area contributed by atoms with Crippen molar-refractivity contribution in [1.82, 2.24) is 0 Å². The largest absolute Gasteiger partial charge is 0.0616 e. The van der Waals surface area contributed by atoms with Gasteiger partial charge < -0.3 is 0 Å². The van der Waals surface area contributed by atoms with Gasteiger partial charge in [-0.25, -0.2) is 0 Å². The first-order chi connectivity index (χ1) is 9.22. The second-order valence-electron chi connectivity index (χ2n) is 5.48. The summed E-state index contributed by atoms with van der Waals surface area (Å²) in [6.07, 6.45) is 2.64. The summed E-state index contributed by atoms with van der Waals surface area (Å²) in [5.74, 6) is 7.38. The second-order valence-corrected chi connectivity index (χ2v) is 5.48. The van der Waals surface area contributed by atoms with Crippen LogP contribution in [0.2, 0.25) is 0 Å². The minimum atomic E-state index is 0.752. The molecule has 1 saturated carbocycles. The Kier molecular flexibility index (Phi) is 3.13. The number of aryl methyl sites for hydroxylation is 2. The summed E-state index contributed by atoms with van der Waals surface area (Å²) < 4.78 is 0. The van der Waals surface area contributed by atoms with Crippen LogP contribution in [-0.4, -0.2) is 0 Å². The minimum absolute atomic E-state index is 0.752. The van der Waals surface area contributed by atoms with E-state index in [2.05, 4.69) is 68.2 Å². The van der Waals surface area contributed by atoms with Crippen molar-refractivity contribution in [3.05, 3.63) is 70.3 Å². The van der Waals surface area contributed by atoms with Crippen LogP contribution in [0.1, 0.15) is 46.6 Å². The Bertz CT molecular complexity index is 647. The van der Waals surface area contributed by atoms with Gasteiger partial charge in [0, 0.05) is 11.1 Å². The number of benzene rings is 2. The fourth-order valence-corrected chi connectivity index (χ4v) is 2.30. The van der Waals surface area contributed by atoms with Crippen LogP contribution in [0.3, 0.4) is 0 Å². The highest BCUT2D eigenvalue weighted by molar-refractivity contribution is 5.50. The minimum Gasteiger partial charge on any atom is -0.0616 e. The molecule has 0 amide bonds. The van der Waals surface area contributed by atoms with Crippen LogP contribution in [0.5, 0.6) is 0 Å². The highest BCUT2D eigenvalue weighted by Crippen LogP contribution is 2.41. The maximum Gasteiger partial charge on any atom is 0.0284 e. The van der Waals surface area contributed by atoms with Crippen molar-refractivity contribution in [2.45, 2.75) is 32.6 Å². The van der Waals surface area contributed by atoms with Crippen molar-refractivity contribution in [2.75, 3.05) is 0 Å². The summed E-state index contributed by atoms with van der Waals surface area (Å²) >= 11 is 0. The summed E-state index contributed by atoms with van der Waals surface area (Å²) in [5.41, 5.74) is 6.35. The summed E-state index contributed by atoms with van der Waals surface area (Å²) in [4.78, 5) is 0. The third-order valence-electron chi connectivity index (χ3n) is 3.62. The van der Waals surface area contributed by atoms with Gasteiger partial charge in [0.15, 0.2) is 0 Å². The molecule has 0 aliphatic heterocycles. The first kappa shape index (κ1) is 12.1. The highest BCUT2D eigenvalue weighted by atomic mass is 14.3. The van der Waals surface area contributed by atoms with Gasteiger partial charge >= 0.3 is 0 Å². The molecule has 19 heavy (non-hydrogen) atoms. The fraction of sp³-hybridized carbons (Fsp3) is 0.263. The fourth-order valence-electron chi connectivity index (χ4n) is 2.30. The van der Waals surface area contributed by atoms with Crippen LogP contribution in [-0.2, 0) is 0 Å². The predicted octanol–water partition coefficient (Wildman–Crippen LogP) is 4.58. The molecule has 1 fully saturated rings. The Morgan fingerprint density at radius 3 is 2.21 bits per heavy atom. The molecule has 94 valence electrons. The van der Waals surface area contributed by atoms with E-state index in [-0.39, 0.29) is 0 Å².